The van der Waals surface area contributed by atoms with E-state index >= 15 is 0 Å². The van der Waals surface area contributed by atoms with Gasteiger partial charge in [-0.25, -0.2) is 29.9 Å². The molecule has 8 bridgehead atoms. The molecule has 0 atom stereocenters. The minimum Gasteiger partial charge on any atom is -0.457 e. The zero-order valence-electron chi connectivity index (χ0n) is 39.3. The first-order valence-electron chi connectivity index (χ1n) is 23.5. The average Bonchev–Trinajstić information content (AvgIpc) is 4.20. The van der Waals surface area contributed by atoms with E-state index in [1.807, 2.05) is 121 Å². The van der Waals surface area contributed by atoms with Crippen molar-refractivity contribution < 1.29 is 40.2 Å². The molecule has 4 N–H and O–H groups in total. The van der Waals surface area contributed by atoms with E-state index < -0.39 is 20.2 Å². The molecule has 370 valence electrons. The summed E-state index contributed by atoms with van der Waals surface area (Å²) in [5.74, 6) is 3.79. The third-order valence-electron chi connectivity index (χ3n) is 12.8. The van der Waals surface area contributed by atoms with E-state index in [4.69, 9.17) is 44.1 Å². The number of hydrogen-bond donors (Lipinski definition) is 4. The Morgan fingerprint density at radius 2 is 0.803 bits per heavy atom. The van der Waals surface area contributed by atoms with E-state index in [-0.39, 0.29) is 27.2 Å². The fraction of sp³-hybridized carbons (Fsp3) is 0.0175. The van der Waals surface area contributed by atoms with E-state index in [9.17, 15) is 25.9 Å². The number of nitrogens with one attached hydrogen (secondary N) is 2. The highest BCUT2D eigenvalue weighted by Gasteiger charge is 2.28. The molecule has 2 aliphatic heterocycles. The highest BCUT2D eigenvalue weighted by Crippen LogP contribution is 2.46. The molecule has 0 amide bonds. The lowest BCUT2D eigenvalue weighted by molar-refractivity contribution is 0.478. The summed E-state index contributed by atoms with van der Waals surface area (Å²) in [7, 11) is -8.90. The van der Waals surface area contributed by atoms with Crippen molar-refractivity contribution in [2.45, 2.75) is 16.2 Å². The number of nitrogens with zero attached hydrogens (tertiary/aromatic N) is 6. The Bertz CT molecular complexity index is 4580. The van der Waals surface area contributed by atoms with Gasteiger partial charge in [-0.3, -0.25) is 9.11 Å². The lowest BCUT2D eigenvalue weighted by Crippen LogP contribution is -1.98. The van der Waals surface area contributed by atoms with Crippen molar-refractivity contribution in [3.8, 4) is 80.0 Å². The molecule has 17 nitrogen and oxygen atoms in total. The Labute approximate surface area is 431 Å². The molecule has 0 radical (unpaired) electrons. The summed E-state index contributed by atoms with van der Waals surface area (Å²) >= 11 is 0. The third kappa shape index (κ3) is 8.49. The van der Waals surface area contributed by atoms with E-state index in [1.54, 1.807) is 24.3 Å². The molecule has 0 saturated carbocycles. The molecule has 3 aromatic heterocycles. The van der Waals surface area contributed by atoms with Crippen LogP contribution in [0.4, 0.5) is 0 Å². The van der Waals surface area contributed by atoms with Crippen LogP contribution in [-0.2, 0) is 26.7 Å². The second-order valence-corrected chi connectivity index (χ2v) is 20.5. The summed E-state index contributed by atoms with van der Waals surface area (Å²) in [6, 6.07) is 52.4. The van der Waals surface area contributed by atoms with Crippen LogP contribution in [0.3, 0.4) is 0 Å². The molecule has 0 saturated heterocycles. The lowest BCUT2D eigenvalue weighted by Gasteiger charge is -2.10. The number of ether oxygens (including phenoxy) is 3. The van der Waals surface area contributed by atoms with Crippen molar-refractivity contribution in [3.63, 3.8) is 0 Å². The van der Waals surface area contributed by atoms with Gasteiger partial charge in [0.05, 0.1) is 26.3 Å². The molecular weight excluding hydrogens is 1000 g/mol. The van der Waals surface area contributed by atoms with Gasteiger partial charge < -0.3 is 24.2 Å². The predicted octanol–water partition coefficient (Wildman–Crippen LogP) is 12.3. The van der Waals surface area contributed by atoms with Gasteiger partial charge in [0, 0.05) is 27.3 Å². The molecule has 19 heteroatoms. The second kappa shape index (κ2) is 18.1. The predicted molar refractivity (Wildman–Crippen MR) is 284 cm³/mol. The van der Waals surface area contributed by atoms with Crippen molar-refractivity contribution in [1.29, 1.82) is 0 Å². The van der Waals surface area contributed by atoms with Gasteiger partial charge in [0.25, 0.3) is 20.2 Å². The molecule has 2 aliphatic rings. The summed E-state index contributed by atoms with van der Waals surface area (Å²) in [5.41, 5.74) is 5.27. The Morgan fingerprint density at radius 3 is 1.33 bits per heavy atom. The quantitative estimate of drug-likeness (QED) is 0.0930. The Hall–Kier alpha value is -9.66. The maximum atomic E-state index is 12.0. The van der Waals surface area contributed by atoms with E-state index in [2.05, 4.69) is 9.97 Å². The van der Waals surface area contributed by atoms with E-state index in [0.717, 1.165) is 11.1 Å². The standard InChI is InChI=1S/C57H36N8O9S2/c66-75(67,68)37-27-23-32(24-28-37)31-33-11-7-16-39-46(33)54-58-50(39)60-55-47-41(18-8-20-43(47)72-34-12-3-1-4-13-34)52(62-55)63-56-48-42(19-9-21-44(48)73-35-14-5-2-6-15-35)53(64-56)65-57-49-40(51(59-54)61-57)17-10-22-45(49)74-36-25-29-38(30-26-36)76(69,70)71/h1-30H,31H2,(H,66,67,68)(H,69,70,71)(H2,58,59,60,61,62,63,64,65). The number of benzene rings is 8. The maximum absolute atomic E-state index is 12.0. The molecule has 13 rings (SSSR count). The number of rotatable bonds is 10. The smallest absolute Gasteiger partial charge is 0.294 e. The SMILES string of the molecule is O=S(=O)(O)c1ccc(Cc2cccc3c4nc5nc(nc6[nH]c(nc7nc(nc([nH]4)c23)-c2cccc(Oc3ccc(S(=O)(=O)O)cc3)c2-7)c2cccc(Oc3ccccc3)c62)-c2cccc(Oc3ccccc3)c2-5)cc1. The zero-order chi connectivity index (χ0) is 51.7. The van der Waals surface area contributed by atoms with Gasteiger partial charge in [-0.05, 0) is 96.4 Å². The number of fused-ring (bicyclic) bond motifs is 20. The number of para-hydroxylation sites is 2. The Balaban J connectivity index is 1.12. The minimum atomic E-state index is -4.48. The van der Waals surface area contributed by atoms with Crippen LogP contribution >= 0.6 is 0 Å². The summed E-state index contributed by atoms with van der Waals surface area (Å²) < 4.78 is 86.9. The topological polar surface area (TPSA) is 245 Å². The van der Waals surface area contributed by atoms with E-state index in [1.165, 1.54) is 36.4 Å². The van der Waals surface area contributed by atoms with Crippen LogP contribution in [0.15, 0.2) is 192 Å². The summed E-state index contributed by atoms with van der Waals surface area (Å²) in [5, 5.41) is 2.58. The maximum Gasteiger partial charge on any atom is 0.294 e. The van der Waals surface area contributed by atoms with Crippen molar-refractivity contribution in [3.05, 3.63) is 193 Å². The van der Waals surface area contributed by atoms with Crippen LogP contribution in [0.5, 0.6) is 34.5 Å². The largest absolute Gasteiger partial charge is 0.457 e. The van der Waals surface area contributed by atoms with Crippen LogP contribution in [-0.4, -0.2) is 65.8 Å². The number of aromatic amines is 2. The summed E-state index contributed by atoms with van der Waals surface area (Å²) in [6.07, 6.45) is 0.320. The van der Waals surface area contributed by atoms with Gasteiger partial charge in [-0.15, -0.1) is 0 Å². The van der Waals surface area contributed by atoms with Crippen molar-refractivity contribution in [2.24, 2.45) is 0 Å². The molecule has 8 aromatic carbocycles. The van der Waals surface area contributed by atoms with Gasteiger partial charge in [-0.1, -0.05) is 103 Å². The van der Waals surface area contributed by atoms with Crippen LogP contribution in [0.1, 0.15) is 11.1 Å². The molecule has 5 heterocycles. The third-order valence-corrected chi connectivity index (χ3v) is 14.6. The first kappa shape index (κ1) is 46.1. The molecule has 76 heavy (non-hydrogen) atoms. The van der Waals surface area contributed by atoms with Crippen molar-refractivity contribution in [1.82, 2.24) is 39.9 Å². The van der Waals surface area contributed by atoms with Crippen molar-refractivity contribution >= 4 is 64.4 Å². The second-order valence-electron chi connectivity index (χ2n) is 17.7. The van der Waals surface area contributed by atoms with Crippen LogP contribution in [0.2, 0.25) is 0 Å². The summed E-state index contributed by atoms with van der Waals surface area (Å²) in [4.78, 5) is 37.8. The average molecular weight is 1040 g/mol. The van der Waals surface area contributed by atoms with Crippen molar-refractivity contribution in [2.75, 3.05) is 0 Å². The Kier molecular flexibility index (Phi) is 11.0. The summed E-state index contributed by atoms with van der Waals surface area (Å²) in [6.45, 7) is 0. The first-order chi connectivity index (χ1) is 36.9. The molecule has 0 aliphatic carbocycles. The zero-order valence-corrected chi connectivity index (χ0v) is 40.9. The molecule has 11 aromatic rings. The van der Waals surface area contributed by atoms with Crippen LogP contribution < -0.4 is 14.2 Å². The van der Waals surface area contributed by atoms with Gasteiger partial charge in [0.2, 0.25) is 0 Å². The number of aromatic nitrogens is 8. The van der Waals surface area contributed by atoms with E-state index in [0.29, 0.717) is 113 Å². The van der Waals surface area contributed by atoms with Gasteiger partial charge in [-0.2, -0.15) is 16.8 Å². The van der Waals surface area contributed by atoms with Crippen LogP contribution in [0.25, 0.3) is 89.7 Å². The first-order valence-corrected chi connectivity index (χ1v) is 26.4. The number of hydrogen-bond acceptors (Lipinski definition) is 13. The van der Waals surface area contributed by atoms with Gasteiger partial charge >= 0.3 is 0 Å². The van der Waals surface area contributed by atoms with Gasteiger partial charge in [0.15, 0.2) is 23.3 Å². The lowest BCUT2D eigenvalue weighted by atomic mass is 10.0. The molecule has 0 unspecified atom stereocenters. The highest BCUT2D eigenvalue weighted by molar-refractivity contribution is 7.86. The normalized spacial score (nSPS) is 12.1. The monoisotopic (exact) mass is 1040 g/mol. The highest BCUT2D eigenvalue weighted by atomic mass is 32.2. The Morgan fingerprint density at radius 1 is 0.382 bits per heavy atom. The fourth-order valence-corrected chi connectivity index (χ4v) is 10.4. The molecular formula is C57H36N8O9S2. The van der Waals surface area contributed by atoms with Gasteiger partial charge in [0.1, 0.15) is 57.1 Å². The molecule has 0 spiro atoms. The van der Waals surface area contributed by atoms with Crippen LogP contribution in [0, 0.1) is 0 Å². The molecule has 0 fully saturated rings. The minimum absolute atomic E-state index is 0.205. The fourth-order valence-electron chi connectivity index (χ4n) is 9.40. The number of H-pyrrole nitrogens is 2.